The van der Waals surface area contributed by atoms with Crippen LogP contribution in [0.3, 0.4) is 0 Å². The summed E-state index contributed by atoms with van der Waals surface area (Å²) in [4.78, 5) is 16.9. The number of hydrogen-bond acceptors (Lipinski definition) is 2. The molecule has 1 fully saturated rings. The summed E-state index contributed by atoms with van der Waals surface area (Å²) in [6, 6.07) is 1.25. The van der Waals surface area contributed by atoms with E-state index in [1.54, 1.807) is 4.90 Å². The van der Waals surface area contributed by atoms with E-state index in [1.807, 2.05) is 0 Å². The highest BCUT2D eigenvalue weighted by Crippen LogP contribution is 2.16. The van der Waals surface area contributed by atoms with Gasteiger partial charge in [-0.2, -0.15) is 0 Å². The molecule has 5 heteroatoms. The zero-order chi connectivity index (χ0) is 10.1. The van der Waals surface area contributed by atoms with Gasteiger partial charge in [-0.25, -0.2) is 9.37 Å². The van der Waals surface area contributed by atoms with E-state index in [0.717, 1.165) is 6.42 Å². The second kappa shape index (κ2) is 3.65. The first-order chi connectivity index (χ1) is 6.68. The molecular formula is C9H8BrFN2O. The standard InChI is InChI=1S/C9H8BrFN2O/c10-6-4-7(11)8(12-5-6)9(14)13-2-1-3-13/h4-5H,1-3H2. The van der Waals surface area contributed by atoms with Crippen LogP contribution in [0.4, 0.5) is 4.39 Å². The first-order valence-electron chi connectivity index (χ1n) is 4.29. The Morgan fingerprint density at radius 2 is 2.29 bits per heavy atom. The second-order valence-electron chi connectivity index (χ2n) is 3.13. The molecule has 74 valence electrons. The fourth-order valence-electron chi connectivity index (χ4n) is 1.24. The Morgan fingerprint density at radius 1 is 1.57 bits per heavy atom. The molecule has 1 aliphatic heterocycles. The highest BCUT2D eigenvalue weighted by atomic mass is 79.9. The number of likely N-dealkylation sites (tertiary alicyclic amines) is 1. The van der Waals surface area contributed by atoms with Crippen LogP contribution in [0.15, 0.2) is 16.7 Å². The third-order valence-corrected chi connectivity index (χ3v) is 2.59. The number of carbonyl (C=O) groups excluding carboxylic acids is 1. The smallest absolute Gasteiger partial charge is 0.275 e. The van der Waals surface area contributed by atoms with Crippen molar-refractivity contribution in [1.82, 2.24) is 9.88 Å². The lowest BCUT2D eigenvalue weighted by atomic mass is 10.2. The molecule has 0 aliphatic carbocycles. The van der Waals surface area contributed by atoms with Crippen molar-refractivity contribution in [3.05, 3.63) is 28.2 Å². The molecule has 2 heterocycles. The number of pyridine rings is 1. The SMILES string of the molecule is O=C(c1ncc(Br)cc1F)N1CCC1. The molecule has 2 rings (SSSR count). The van der Waals surface area contributed by atoms with Gasteiger partial charge in [-0.05, 0) is 28.4 Å². The Labute approximate surface area is 89.1 Å². The van der Waals surface area contributed by atoms with Gasteiger partial charge in [-0.1, -0.05) is 0 Å². The van der Waals surface area contributed by atoms with Gasteiger partial charge in [0.15, 0.2) is 11.5 Å². The van der Waals surface area contributed by atoms with Crippen LogP contribution in [0.5, 0.6) is 0 Å². The average molecular weight is 259 g/mol. The van der Waals surface area contributed by atoms with E-state index >= 15 is 0 Å². The predicted octanol–water partition coefficient (Wildman–Crippen LogP) is 1.83. The summed E-state index contributed by atoms with van der Waals surface area (Å²) < 4.78 is 13.8. The van der Waals surface area contributed by atoms with E-state index in [4.69, 9.17) is 0 Å². The van der Waals surface area contributed by atoms with Gasteiger partial charge < -0.3 is 4.90 Å². The van der Waals surface area contributed by atoms with Crippen LogP contribution < -0.4 is 0 Å². The Kier molecular flexibility index (Phi) is 2.50. The molecule has 0 spiro atoms. The highest BCUT2D eigenvalue weighted by Gasteiger charge is 2.25. The molecular weight excluding hydrogens is 251 g/mol. The van der Waals surface area contributed by atoms with E-state index < -0.39 is 5.82 Å². The minimum atomic E-state index is -0.573. The van der Waals surface area contributed by atoms with Crippen LogP contribution in [-0.2, 0) is 0 Å². The molecule has 0 saturated carbocycles. The Bertz CT molecular complexity index is 379. The molecule has 0 atom stereocenters. The minimum Gasteiger partial charge on any atom is -0.337 e. The Morgan fingerprint density at radius 3 is 2.79 bits per heavy atom. The van der Waals surface area contributed by atoms with Crippen LogP contribution in [0, 0.1) is 5.82 Å². The number of carbonyl (C=O) groups is 1. The molecule has 0 aromatic carbocycles. The van der Waals surface area contributed by atoms with Gasteiger partial charge in [-0.15, -0.1) is 0 Å². The van der Waals surface area contributed by atoms with Crippen molar-refractivity contribution in [1.29, 1.82) is 0 Å². The highest BCUT2D eigenvalue weighted by molar-refractivity contribution is 9.10. The molecule has 0 bridgehead atoms. The molecule has 1 aliphatic rings. The van der Waals surface area contributed by atoms with E-state index in [2.05, 4.69) is 20.9 Å². The van der Waals surface area contributed by atoms with Gasteiger partial charge in [-0.3, -0.25) is 4.79 Å². The molecule has 1 aromatic rings. The first kappa shape index (κ1) is 9.58. The summed E-state index contributed by atoms with van der Waals surface area (Å²) >= 11 is 3.09. The minimum absolute atomic E-state index is 0.0899. The molecule has 0 N–H and O–H groups in total. The van der Waals surface area contributed by atoms with Crippen molar-refractivity contribution in [2.75, 3.05) is 13.1 Å². The first-order valence-corrected chi connectivity index (χ1v) is 5.08. The van der Waals surface area contributed by atoms with Gasteiger partial charge >= 0.3 is 0 Å². The number of nitrogens with zero attached hydrogens (tertiary/aromatic N) is 2. The van der Waals surface area contributed by atoms with Gasteiger partial charge in [0.1, 0.15) is 0 Å². The fourth-order valence-corrected chi connectivity index (χ4v) is 1.54. The summed E-state index contributed by atoms with van der Waals surface area (Å²) in [7, 11) is 0. The third-order valence-electron chi connectivity index (χ3n) is 2.15. The van der Waals surface area contributed by atoms with Crippen LogP contribution in [-0.4, -0.2) is 28.9 Å². The van der Waals surface area contributed by atoms with Gasteiger partial charge in [0.25, 0.3) is 5.91 Å². The lowest BCUT2D eigenvalue weighted by molar-refractivity contribution is 0.0640. The van der Waals surface area contributed by atoms with Crippen molar-refractivity contribution in [3.8, 4) is 0 Å². The maximum atomic E-state index is 13.3. The van der Waals surface area contributed by atoms with Gasteiger partial charge in [0, 0.05) is 23.8 Å². The van der Waals surface area contributed by atoms with Crippen molar-refractivity contribution >= 4 is 21.8 Å². The Hall–Kier alpha value is -0.970. The lowest BCUT2D eigenvalue weighted by Gasteiger charge is -2.30. The van der Waals surface area contributed by atoms with E-state index in [1.165, 1.54) is 12.3 Å². The summed E-state index contributed by atoms with van der Waals surface area (Å²) in [5.74, 6) is -0.891. The normalized spacial score (nSPS) is 15.1. The average Bonchev–Trinajstić information content (AvgIpc) is 2.00. The molecule has 0 radical (unpaired) electrons. The maximum absolute atomic E-state index is 13.3. The zero-order valence-electron chi connectivity index (χ0n) is 7.33. The summed E-state index contributed by atoms with van der Waals surface area (Å²) in [5, 5.41) is 0. The van der Waals surface area contributed by atoms with Crippen LogP contribution >= 0.6 is 15.9 Å². The molecule has 14 heavy (non-hydrogen) atoms. The summed E-state index contributed by atoms with van der Waals surface area (Å²) in [6.07, 6.45) is 2.42. The lowest BCUT2D eigenvalue weighted by Crippen LogP contribution is -2.42. The number of hydrogen-bond donors (Lipinski definition) is 0. The van der Waals surface area contributed by atoms with E-state index in [-0.39, 0.29) is 11.6 Å². The fraction of sp³-hybridized carbons (Fsp3) is 0.333. The third kappa shape index (κ3) is 1.64. The molecule has 1 amide bonds. The maximum Gasteiger partial charge on any atom is 0.275 e. The number of halogens is 2. The molecule has 3 nitrogen and oxygen atoms in total. The molecule has 0 unspecified atom stereocenters. The number of rotatable bonds is 1. The second-order valence-corrected chi connectivity index (χ2v) is 4.05. The topological polar surface area (TPSA) is 33.2 Å². The Balaban J connectivity index is 2.26. The predicted molar refractivity (Wildman–Crippen MR) is 52.4 cm³/mol. The monoisotopic (exact) mass is 258 g/mol. The van der Waals surface area contributed by atoms with Gasteiger partial charge in [0.05, 0.1) is 0 Å². The molecule has 1 saturated heterocycles. The van der Waals surface area contributed by atoms with Crippen molar-refractivity contribution < 1.29 is 9.18 Å². The van der Waals surface area contributed by atoms with E-state index in [9.17, 15) is 9.18 Å². The van der Waals surface area contributed by atoms with Crippen LogP contribution in [0.25, 0.3) is 0 Å². The van der Waals surface area contributed by atoms with Crippen LogP contribution in [0.1, 0.15) is 16.9 Å². The molecule has 1 aromatic heterocycles. The zero-order valence-corrected chi connectivity index (χ0v) is 8.92. The number of amides is 1. The number of aromatic nitrogens is 1. The summed E-state index contributed by atoms with van der Waals surface area (Å²) in [5.41, 5.74) is -0.0899. The van der Waals surface area contributed by atoms with Crippen molar-refractivity contribution in [3.63, 3.8) is 0 Å². The van der Waals surface area contributed by atoms with Crippen LogP contribution in [0.2, 0.25) is 0 Å². The summed E-state index contributed by atoms with van der Waals surface area (Å²) in [6.45, 7) is 1.41. The quantitative estimate of drug-likeness (QED) is 0.770. The largest absolute Gasteiger partial charge is 0.337 e. The van der Waals surface area contributed by atoms with Crippen molar-refractivity contribution in [2.24, 2.45) is 0 Å². The van der Waals surface area contributed by atoms with E-state index in [0.29, 0.717) is 17.6 Å². The van der Waals surface area contributed by atoms with Crippen molar-refractivity contribution in [2.45, 2.75) is 6.42 Å². The van der Waals surface area contributed by atoms with Gasteiger partial charge in [0.2, 0.25) is 0 Å².